The Morgan fingerprint density at radius 2 is 1.89 bits per heavy atom. The van der Waals surface area contributed by atoms with Crippen molar-refractivity contribution in [3.8, 4) is 11.1 Å². The average molecular weight is 510 g/mol. The molecule has 7 heteroatoms. The Hall–Kier alpha value is -3.94. The summed E-state index contributed by atoms with van der Waals surface area (Å²) in [5, 5.41) is 7.18. The van der Waals surface area contributed by atoms with Crippen molar-refractivity contribution >= 4 is 55.8 Å². The number of likely N-dealkylation sites (N-methyl/N-ethyl adjacent to an activating group) is 1. The van der Waals surface area contributed by atoms with Crippen molar-refractivity contribution in [1.29, 1.82) is 0 Å². The lowest BCUT2D eigenvalue weighted by Crippen LogP contribution is -2.22. The second-order valence-electron chi connectivity index (χ2n) is 9.02. The van der Waals surface area contributed by atoms with Gasteiger partial charge in [0, 0.05) is 57.6 Å². The predicted molar refractivity (Wildman–Crippen MR) is 157 cm³/mol. The molecule has 6 nitrogen and oxygen atoms in total. The summed E-state index contributed by atoms with van der Waals surface area (Å²) in [6.07, 6.45) is 6.17. The van der Waals surface area contributed by atoms with Crippen molar-refractivity contribution in [2.24, 2.45) is 7.05 Å². The van der Waals surface area contributed by atoms with E-state index in [0.29, 0.717) is 11.5 Å². The third kappa shape index (κ3) is 4.88. The number of carbonyl (C=O) groups excluding carboxylic acids is 1. The number of nitrogens with two attached hydrogens (primary N) is 1. The van der Waals surface area contributed by atoms with Gasteiger partial charge in [-0.2, -0.15) is 0 Å². The normalized spacial score (nSPS) is 11.8. The number of hydrogen-bond acceptors (Lipinski definition) is 5. The molecule has 3 N–H and O–H groups in total. The zero-order valence-corrected chi connectivity index (χ0v) is 22.2. The topological polar surface area (TPSA) is 76.2 Å². The fourth-order valence-corrected chi connectivity index (χ4v) is 5.74. The van der Waals surface area contributed by atoms with Crippen LogP contribution in [0.1, 0.15) is 29.9 Å². The van der Waals surface area contributed by atoms with E-state index in [0.717, 1.165) is 63.0 Å². The summed E-state index contributed by atoms with van der Waals surface area (Å²) in [4.78, 5) is 19.8. The quantitative estimate of drug-likeness (QED) is 0.246. The molecule has 0 aliphatic heterocycles. The van der Waals surface area contributed by atoms with E-state index < -0.39 is 0 Å². The Bertz CT molecular complexity index is 1590. The number of carbonyl (C=O) groups is 1. The number of anilines is 2. The van der Waals surface area contributed by atoms with Crippen LogP contribution >= 0.6 is 11.3 Å². The molecule has 3 heterocycles. The number of aryl methyl sites for hydroxylation is 1. The first kappa shape index (κ1) is 24.7. The van der Waals surface area contributed by atoms with Crippen molar-refractivity contribution in [2.75, 3.05) is 30.7 Å². The largest absolute Gasteiger partial charge is 0.383 e. The molecule has 0 unspecified atom stereocenters. The Kier molecular flexibility index (Phi) is 7.08. The first-order valence-electron chi connectivity index (χ1n) is 12.5. The number of para-hydroxylation sites is 1. The van der Waals surface area contributed by atoms with Crippen LogP contribution in [0.2, 0.25) is 0 Å². The van der Waals surface area contributed by atoms with Crippen molar-refractivity contribution in [1.82, 2.24) is 14.5 Å². The molecule has 0 aliphatic rings. The van der Waals surface area contributed by atoms with Gasteiger partial charge in [-0.15, -0.1) is 11.3 Å². The van der Waals surface area contributed by atoms with Crippen LogP contribution < -0.4 is 11.1 Å². The molecule has 0 fully saturated rings. The standard InChI is InChI=1S/C30H31N5OS/c1-4-35(5-2)16-8-10-22-18-32-29(31)27-24(19-37-28(22)27)20-12-14-23(15-13-20)33-30(36)26-17-21-9-6-7-11-25(21)34(26)3/h6-15,17-19H,4-5,16H2,1-3H3,(H2,31,32)(H,33,36)/b10-8+. The minimum Gasteiger partial charge on any atom is -0.383 e. The molecule has 0 bridgehead atoms. The van der Waals surface area contributed by atoms with Gasteiger partial charge in [0.15, 0.2) is 0 Å². The van der Waals surface area contributed by atoms with Crippen LogP contribution in [-0.4, -0.2) is 40.0 Å². The molecule has 0 saturated carbocycles. The van der Waals surface area contributed by atoms with E-state index >= 15 is 0 Å². The van der Waals surface area contributed by atoms with Crippen molar-refractivity contribution in [2.45, 2.75) is 13.8 Å². The van der Waals surface area contributed by atoms with Gasteiger partial charge in [-0.05, 0) is 48.3 Å². The van der Waals surface area contributed by atoms with Crippen LogP contribution in [0.5, 0.6) is 0 Å². The number of pyridine rings is 1. The Balaban J connectivity index is 1.38. The average Bonchev–Trinajstić information content (AvgIpc) is 3.51. The summed E-state index contributed by atoms with van der Waals surface area (Å²) in [5.41, 5.74) is 11.9. The second kappa shape index (κ2) is 10.6. The number of thiophene rings is 1. The molecule has 0 saturated heterocycles. The summed E-state index contributed by atoms with van der Waals surface area (Å²) < 4.78 is 3.05. The molecule has 2 aromatic carbocycles. The molecule has 3 aromatic heterocycles. The summed E-state index contributed by atoms with van der Waals surface area (Å²) >= 11 is 1.68. The van der Waals surface area contributed by atoms with E-state index in [2.05, 4.69) is 46.6 Å². The summed E-state index contributed by atoms with van der Waals surface area (Å²) in [6.45, 7) is 7.30. The van der Waals surface area contributed by atoms with E-state index in [1.54, 1.807) is 11.3 Å². The fourth-order valence-electron chi connectivity index (χ4n) is 4.66. The summed E-state index contributed by atoms with van der Waals surface area (Å²) in [7, 11) is 1.91. The highest BCUT2D eigenvalue weighted by atomic mass is 32.1. The van der Waals surface area contributed by atoms with E-state index in [-0.39, 0.29) is 5.91 Å². The number of rotatable bonds is 8. The van der Waals surface area contributed by atoms with E-state index in [1.165, 1.54) is 0 Å². The van der Waals surface area contributed by atoms with Gasteiger partial charge >= 0.3 is 0 Å². The van der Waals surface area contributed by atoms with Gasteiger partial charge in [0.1, 0.15) is 11.5 Å². The molecule has 0 atom stereocenters. The van der Waals surface area contributed by atoms with E-state index in [1.807, 2.05) is 72.4 Å². The second-order valence-corrected chi connectivity index (χ2v) is 9.90. The highest BCUT2D eigenvalue weighted by Gasteiger charge is 2.15. The predicted octanol–water partition coefficient (Wildman–Crippen LogP) is 6.64. The number of aromatic nitrogens is 2. The molecule has 5 aromatic rings. The highest BCUT2D eigenvalue weighted by molar-refractivity contribution is 7.18. The van der Waals surface area contributed by atoms with Crippen LogP contribution in [0.15, 0.2) is 72.3 Å². The Labute approximate surface area is 221 Å². The lowest BCUT2D eigenvalue weighted by molar-refractivity contribution is 0.101. The maximum absolute atomic E-state index is 13.0. The molecule has 1 amide bonds. The van der Waals surface area contributed by atoms with Gasteiger partial charge in [-0.25, -0.2) is 4.98 Å². The summed E-state index contributed by atoms with van der Waals surface area (Å²) in [6, 6.07) is 17.8. The first-order valence-corrected chi connectivity index (χ1v) is 13.4. The van der Waals surface area contributed by atoms with Gasteiger partial charge in [-0.1, -0.05) is 56.3 Å². The number of benzene rings is 2. The molecular weight excluding hydrogens is 478 g/mol. The maximum Gasteiger partial charge on any atom is 0.272 e. The Morgan fingerprint density at radius 1 is 1.14 bits per heavy atom. The third-order valence-electron chi connectivity index (χ3n) is 6.85. The Morgan fingerprint density at radius 3 is 2.62 bits per heavy atom. The zero-order chi connectivity index (χ0) is 25.9. The van der Waals surface area contributed by atoms with E-state index in [9.17, 15) is 4.79 Å². The lowest BCUT2D eigenvalue weighted by atomic mass is 10.0. The van der Waals surface area contributed by atoms with Crippen molar-refractivity contribution < 1.29 is 4.79 Å². The third-order valence-corrected chi connectivity index (χ3v) is 7.87. The monoisotopic (exact) mass is 509 g/mol. The summed E-state index contributed by atoms with van der Waals surface area (Å²) in [5.74, 6) is 0.391. The van der Waals surface area contributed by atoms with Crippen molar-refractivity contribution in [3.05, 3.63) is 83.5 Å². The number of fused-ring (bicyclic) bond motifs is 2. The van der Waals surface area contributed by atoms with E-state index in [4.69, 9.17) is 5.73 Å². The zero-order valence-electron chi connectivity index (χ0n) is 21.4. The number of nitrogen functional groups attached to an aromatic ring is 1. The van der Waals surface area contributed by atoms with Crippen LogP contribution in [-0.2, 0) is 7.05 Å². The number of nitrogens with one attached hydrogen (secondary N) is 1. The van der Waals surface area contributed by atoms with Crippen LogP contribution in [0, 0.1) is 0 Å². The molecular formula is C30H31N5OS. The smallest absolute Gasteiger partial charge is 0.272 e. The van der Waals surface area contributed by atoms with Crippen LogP contribution in [0.4, 0.5) is 11.5 Å². The maximum atomic E-state index is 13.0. The molecule has 0 radical (unpaired) electrons. The molecule has 37 heavy (non-hydrogen) atoms. The minimum absolute atomic E-state index is 0.137. The molecule has 5 rings (SSSR count). The van der Waals surface area contributed by atoms with Crippen LogP contribution in [0.3, 0.4) is 0 Å². The molecule has 0 spiro atoms. The van der Waals surface area contributed by atoms with Gasteiger partial charge in [0.05, 0.1) is 0 Å². The van der Waals surface area contributed by atoms with Gasteiger partial charge in [-0.3, -0.25) is 4.79 Å². The first-order chi connectivity index (χ1) is 18.0. The molecule has 188 valence electrons. The fraction of sp³-hybridized carbons (Fsp3) is 0.200. The number of nitrogens with zero attached hydrogens (tertiary/aromatic N) is 3. The molecule has 0 aliphatic carbocycles. The minimum atomic E-state index is -0.137. The van der Waals surface area contributed by atoms with Gasteiger partial charge < -0.3 is 20.5 Å². The number of hydrogen-bond donors (Lipinski definition) is 2. The van der Waals surface area contributed by atoms with Gasteiger partial charge in [0.25, 0.3) is 5.91 Å². The van der Waals surface area contributed by atoms with Crippen molar-refractivity contribution in [3.63, 3.8) is 0 Å². The highest BCUT2D eigenvalue weighted by Crippen LogP contribution is 2.39. The van der Waals surface area contributed by atoms with Crippen LogP contribution in [0.25, 0.3) is 38.2 Å². The SMILES string of the molecule is CCN(CC)C/C=C/c1cnc(N)c2c(-c3ccc(NC(=O)c4cc5ccccc5n4C)cc3)csc12. The number of amides is 1. The van der Waals surface area contributed by atoms with Gasteiger partial charge in [0.2, 0.25) is 0 Å². The lowest BCUT2D eigenvalue weighted by Gasteiger charge is -2.14.